The molecule has 0 bridgehead atoms. The highest BCUT2D eigenvalue weighted by Crippen LogP contribution is 2.09. The molecular weight excluding hydrogens is 365 g/mol. The lowest BCUT2D eigenvalue weighted by Crippen LogP contribution is -2.48. The van der Waals surface area contributed by atoms with E-state index in [0.717, 1.165) is 19.6 Å². The van der Waals surface area contributed by atoms with Crippen molar-refractivity contribution in [2.24, 2.45) is 0 Å². The largest absolute Gasteiger partial charge is 0.383 e. The van der Waals surface area contributed by atoms with Crippen molar-refractivity contribution in [3.05, 3.63) is 35.9 Å². The van der Waals surface area contributed by atoms with E-state index < -0.39 is 0 Å². The van der Waals surface area contributed by atoms with Crippen LogP contribution in [0.15, 0.2) is 30.3 Å². The third-order valence-corrected chi connectivity index (χ3v) is 3.77. The van der Waals surface area contributed by atoms with Crippen LogP contribution in [-0.2, 0) is 20.8 Å². The molecule has 1 unspecified atom stereocenters. The number of hydrogen-bond donors (Lipinski definition) is 2. The summed E-state index contributed by atoms with van der Waals surface area (Å²) in [6.07, 6.45) is 0.0513. The molecule has 2 rings (SSSR count). The summed E-state index contributed by atoms with van der Waals surface area (Å²) >= 11 is 0. The molecule has 0 radical (unpaired) electrons. The molecule has 1 aliphatic rings. The van der Waals surface area contributed by atoms with Gasteiger partial charge in [0, 0.05) is 39.8 Å². The summed E-state index contributed by atoms with van der Waals surface area (Å²) in [6, 6.07) is 10.4. The van der Waals surface area contributed by atoms with E-state index in [0.29, 0.717) is 32.8 Å². The summed E-state index contributed by atoms with van der Waals surface area (Å²) in [5, 5.41) is 5.95. The molecule has 1 saturated heterocycles. The van der Waals surface area contributed by atoms with E-state index in [1.54, 1.807) is 7.11 Å². The number of hydrogen-bond acceptors (Lipinski definition) is 5. The third kappa shape index (κ3) is 9.99. The first kappa shape index (κ1) is 24.1. The number of nitrogens with one attached hydrogen (secondary N) is 2. The van der Waals surface area contributed by atoms with E-state index >= 15 is 0 Å². The van der Waals surface area contributed by atoms with Gasteiger partial charge in [-0.15, -0.1) is 24.8 Å². The predicted molar refractivity (Wildman–Crippen MR) is 104 cm³/mol. The van der Waals surface area contributed by atoms with Crippen molar-refractivity contribution in [1.29, 1.82) is 0 Å². The van der Waals surface area contributed by atoms with E-state index in [9.17, 15) is 4.79 Å². The normalized spacial score (nSPS) is 17.2. The smallest absolute Gasteiger partial charge is 0.234 e. The monoisotopic (exact) mass is 393 g/mol. The molecule has 6 nitrogen and oxygen atoms in total. The summed E-state index contributed by atoms with van der Waals surface area (Å²) in [5.74, 6) is -0.00936. The van der Waals surface area contributed by atoms with E-state index in [-0.39, 0.29) is 36.8 Å². The van der Waals surface area contributed by atoms with Crippen LogP contribution in [-0.4, -0.2) is 70.0 Å². The van der Waals surface area contributed by atoms with Gasteiger partial charge in [0.05, 0.1) is 25.9 Å². The number of methoxy groups -OCH3 is 1. The number of morpholine rings is 1. The van der Waals surface area contributed by atoms with E-state index in [2.05, 4.69) is 39.8 Å². The maximum atomic E-state index is 11.7. The Morgan fingerprint density at radius 3 is 2.80 bits per heavy atom. The molecule has 25 heavy (non-hydrogen) atoms. The first-order valence-corrected chi connectivity index (χ1v) is 8.12. The van der Waals surface area contributed by atoms with Gasteiger partial charge in [-0.05, 0) is 5.56 Å². The Morgan fingerprint density at radius 2 is 2.08 bits per heavy atom. The van der Waals surface area contributed by atoms with Crippen LogP contribution in [0.2, 0.25) is 0 Å². The van der Waals surface area contributed by atoms with Crippen molar-refractivity contribution < 1.29 is 14.3 Å². The van der Waals surface area contributed by atoms with Crippen molar-refractivity contribution in [3.63, 3.8) is 0 Å². The number of nitrogens with zero attached hydrogens (tertiary/aromatic N) is 1. The van der Waals surface area contributed by atoms with Gasteiger partial charge in [0.15, 0.2) is 0 Å². The van der Waals surface area contributed by atoms with Crippen molar-refractivity contribution >= 4 is 30.7 Å². The highest BCUT2D eigenvalue weighted by Gasteiger charge is 2.20. The molecule has 0 saturated carbocycles. The minimum atomic E-state index is -0.00936. The van der Waals surface area contributed by atoms with Gasteiger partial charge >= 0.3 is 0 Å². The fraction of sp³-hybridized carbons (Fsp3) is 0.588. The lowest BCUT2D eigenvalue weighted by atomic mass is 10.2. The Hall–Kier alpha value is -0.890. The molecule has 1 fully saturated rings. The van der Waals surface area contributed by atoms with Gasteiger partial charge in [-0.3, -0.25) is 9.69 Å². The molecular formula is C17H29Cl2N3O3. The van der Waals surface area contributed by atoms with Crippen LogP contribution in [0.3, 0.4) is 0 Å². The zero-order valence-electron chi connectivity index (χ0n) is 14.6. The Balaban J connectivity index is 0.00000288. The van der Waals surface area contributed by atoms with E-state index in [4.69, 9.17) is 9.47 Å². The van der Waals surface area contributed by atoms with Gasteiger partial charge in [-0.1, -0.05) is 30.3 Å². The molecule has 1 aromatic carbocycles. The zero-order chi connectivity index (χ0) is 16.3. The minimum absolute atomic E-state index is 0. The number of rotatable bonds is 9. The van der Waals surface area contributed by atoms with Crippen LogP contribution in [0.25, 0.3) is 0 Å². The van der Waals surface area contributed by atoms with Crippen molar-refractivity contribution in [3.8, 4) is 0 Å². The number of amides is 1. The van der Waals surface area contributed by atoms with Gasteiger partial charge in [0.2, 0.25) is 5.91 Å². The molecule has 1 atom stereocenters. The summed E-state index contributed by atoms with van der Waals surface area (Å²) < 4.78 is 10.7. The van der Waals surface area contributed by atoms with Crippen LogP contribution in [0.1, 0.15) is 5.56 Å². The molecule has 1 aromatic rings. The van der Waals surface area contributed by atoms with Gasteiger partial charge in [-0.2, -0.15) is 0 Å². The molecule has 2 N–H and O–H groups in total. The lowest BCUT2D eigenvalue weighted by Gasteiger charge is -2.33. The fourth-order valence-corrected chi connectivity index (χ4v) is 2.56. The van der Waals surface area contributed by atoms with Gasteiger partial charge < -0.3 is 20.1 Å². The second-order valence-electron chi connectivity index (χ2n) is 5.69. The third-order valence-electron chi connectivity index (χ3n) is 3.77. The Kier molecular flexibility index (Phi) is 13.8. The Labute approximate surface area is 162 Å². The number of carbonyl (C=O) groups excluding carboxylic acids is 1. The molecule has 0 aliphatic carbocycles. The van der Waals surface area contributed by atoms with Crippen molar-refractivity contribution in [2.45, 2.75) is 12.6 Å². The number of halogens is 2. The first-order chi connectivity index (χ1) is 11.3. The molecule has 0 spiro atoms. The number of ether oxygens (including phenoxy) is 2. The topological polar surface area (TPSA) is 62.8 Å². The predicted octanol–water partition coefficient (Wildman–Crippen LogP) is 1.08. The SMILES string of the molecule is COCCNCC(=O)NCC1CN(Cc2ccccc2)CCO1.Cl.Cl. The molecule has 1 amide bonds. The molecule has 0 aromatic heterocycles. The van der Waals surface area contributed by atoms with Crippen LogP contribution in [0.4, 0.5) is 0 Å². The first-order valence-electron chi connectivity index (χ1n) is 8.12. The highest BCUT2D eigenvalue weighted by molar-refractivity contribution is 5.85. The summed E-state index contributed by atoms with van der Waals surface area (Å²) in [5.41, 5.74) is 1.31. The van der Waals surface area contributed by atoms with Crippen molar-refractivity contribution in [1.82, 2.24) is 15.5 Å². The second-order valence-corrected chi connectivity index (χ2v) is 5.69. The average Bonchev–Trinajstić information content (AvgIpc) is 2.58. The average molecular weight is 394 g/mol. The standard InChI is InChI=1S/C17H27N3O3.2ClH/c1-22-9-7-18-12-17(21)19-11-16-14-20(8-10-23-16)13-15-5-3-2-4-6-15;;/h2-6,16,18H,7-14H2,1H3,(H,19,21);2*1H. The maximum absolute atomic E-state index is 11.7. The number of benzene rings is 1. The van der Waals surface area contributed by atoms with Crippen LogP contribution < -0.4 is 10.6 Å². The van der Waals surface area contributed by atoms with E-state index in [1.165, 1.54) is 5.56 Å². The quantitative estimate of drug-likeness (QED) is 0.614. The molecule has 8 heteroatoms. The zero-order valence-corrected chi connectivity index (χ0v) is 16.2. The highest BCUT2D eigenvalue weighted by atomic mass is 35.5. The van der Waals surface area contributed by atoms with Gasteiger partial charge in [-0.25, -0.2) is 0 Å². The summed E-state index contributed by atoms with van der Waals surface area (Å²) in [4.78, 5) is 14.1. The van der Waals surface area contributed by atoms with Crippen LogP contribution >= 0.6 is 24.8 Å². The summed E-state index contributed by atoms with van der Waals surface area (Å²) in [6.45, 7) is 5.54. The second kappa shape index (κ2) is 14.3. The maximum Gasteiger partial charge on any atom is 0.234 e. The van der Waals surface area contributed by atoms with Crippen molar-refractivity contribution in [2.75, 3.05) is 53.0 Å². The Bertz CT molecular complexity index is 466. The van der Waals surface area contributed by atoms with Gasteiger partial charge in [0.25, 0.3) is 0 Å². The number of carbonyl (C=O) groups is 1. The minimum Gasteiger partial charge on any atom is -0.383 e. The molecule has 1 heterocycles. The molecule has 144 valence electrons. The lowest BCUT2D eigenvalue weighted by molar-refractivity contribution is -0.121. The Morgan fingerprint density at radius 1 is 1.32 bits per heavy atom. The fourth-order valence-electron chi connectivity index (χ4n) is 2.56. The van der Waals surface area contributed by atoms with E-state index in [1.807, 2.05) is 6.07 Å². The molecule has 1 aliphatic heterocycles. The summed E-state index contributed by atoms with van der Waals surface area (Å²) in [7, 11) is 1.64. The van der Waals surface area contributed by atoms with Crippen LogP contribution in [0, 0.1) is 0 Å². The van der Waals surface area contributed by atoms with Gasteiger partial charge in [0.1, 0.15) is 0 Å². The van der Waals surface area contributed by atoms with Crippen LogP contribution in [0.5, 0.6) is 0 Å².